The van der Waals surface area contributed by atoms with Crippen molar-refractivity contribution in [3.05, 3.63) is 58.1 Å². The summed E-state index contributed by atoms with van der Waals surface area (Å²) in [7, 11) is 3.23. The summed E-state index contributed by atoms with van der Waals surface area (Å²) < 4.78 is 11.5. The summed E-state index contributed by atoms with van der Waals surface area (Å²) in [5.74, 6) is 0.730. The number of benzene rings is 2. The summed E-state index contributed by atoms with van der Waals surface area (Å²) in [6.45, 7) is 0.320. The highest BCUT2D eigenvalue weighted by Crippen LogP contribution is 2.23. The molecule has 1 amide bonds. The van der Waals surface area contributed by atoms with E-state index >= 15 is 0 Å². The zero-order valence-electron chi connectivity index (χ0n) is 13.5. The van der Waals surface area contributed by atoms with Gasteiger partial charge in [0.1, 0.15) is 11.5 Å². The van der Waals surface area contributed by atoms with Gasteiger partial charge in [-0.1, -0.05) is 34.1 Å². The molecule has 0 saturated carbocycles. The third kappa shape index (κ3) is 4.58. The molecule has 2 aromatic carbocycles. The Hall–Kier alpha value is -2.34. The van der Waals surface area contributed by atoms with E-state index in [9.17, 15) is 9.59 Å². The van der Waals surface area contributed by atoms with E-state index in [0.717, 1.165) is 10.0 Å². The molecule has 0 aliphatic rings. The fourth-order valence-corrected chi connectivity index (χ4v) is 2.51. The van der Waals surface area contributed by atoms with E-state index in [2.05, 4.69) is 15.9 Å². The molecule has 0 aliphatic carbocycles. The van der Waals surface area contributed by atoms with Gasteiger partial charge in [-0.3, -0.25) is 9.59 Å². The first-order chi connectivity index (χ1) is 11.5. The van der Waals surface area contributed by atoms with Gasteiger partial charge in [-0.05, 0) is 29.8 Å². The fraction of sp³-hybridized carbons (Fsp3) is 0.222. The van der Waals surface area contributed by atoms with Crippen LogP contribution in [0.15, 0.2) is 46.9 Å². The number of carbonyl (C=O) groups excluding carboxylic acids is 2. The molecule has 0 spiro atoms. The molecule has 0 bridgehead atoms. The van der Waals surface area contributed by atoms with Gasteiger partial charge in [-0.15, -0.1) is 0 Å². The van der Waals surface area contributed by atoms with Gasteiger partial charge in [-0.25, -0.2) is 0 Å². The number of hydrogen-bond acceptors (Lipinski definition) is 4. The predicted molar refractivity (Wildman–Crippen MR) is 94.5 cm³/mol. The maximum Gasteiger partial charge on any atom is 0.260 e. The molecule has 0 unspecified atom stereocenters. The lowest BCUT2D eigenvalue weighted by molar-refractivity contribution is -0.132. The predicted octanol–water partition coefficient (Wildman–Crippen LogP) is 3.31. The lowest BCUT2D eigenvalue weighted by Crippen LogP contribution is -2.31. The lowest BCUT2D eigenvalue weighted by Gasteiger charge is -2.18. The van der Waals surface area contributed by atoms with Crippen molar-refractivity contribution in [3.63, 3.8) is 0 Å². The fourth-order valence-electron chi connectivity index (χ4n) is 2.10. The summed E-state index contributed by atoms with van der Waals surface area (Å²) >= 11 is 3.46. The van der Waals surface area contributed by atoms with E-state index in [1.165, 1.54) is 7.11 Å². The Morgan fingerprint density at radius 3 is 2.67 bits per heavy atom. The van der Waals surface area contributed by atoms with Gasteiger partial charge in [-0.2, -0.15) is 0 Å². The molecule has 24 heavy (non-hydrogen) atoms. The second kappa shape index (κ2) is 8.49. The van der Waals surface area contributed by atoms with Crippen molar-refractivity contribution in [2.24, 2.45) is 0 Å². The normalized spacial score (nSPS) is 10.1. The SMILES string of the molecule is COc1ccc(OCC(=O)N(C)Cc2ccccc2Br)c(C=O)c1. The van der Waals surface area contributed by atoms with E-state index in [1.54, 1.807) is 30.1 Å². The van der Waals surface area contributed by atoms with Crippen LogP contribution in [0.4, 0.5) is 0 Å². The van der Waals surface area contributed by atoms with Crippen molar-refractivity contribution in [3.8, 4) is 11.5 Å². The number of ether oxygens (including phenoxy) is 2. The maximum atomic E-state index is 12.2. The third-order valence-electron chi connectivity index (χ3n) is 3.49. The molecule has 0 radical (unpaired) electrons. The molecular formula is C18H18BrNO4. The van der Waals surface area contributed by atoms with Gasteiger partial charge < -0.3 is 14.4 Å². The van der Waals surface area contributed by atoms with Crippen LogP contribution in [0.2, 0.25) is 0 Å². The standard InChI is InChI=1S/C18H18BrNO4/c1-20(10-13-5-3-4-6-16(13)19)18(22)12-24-17-8-7-15(23-2)9-14(17)11-21/h3-9,11H,10,12H2,1-2H3. The average Bonchev–Trinajstić information content (AvgIpc) is 2.61. The van der Waals surface area contributed by atoms with Crippen molar-refractivity contribution in [2.45, 2.75) is 6.54 Å². The van der Waals surface area contributed by atoms with Crippen LogP contribution in [-0.4, -0.2) is 37.9 Å². The lowest BCUT2D eigenvalue weighted by atomic mass is 10.2. The highest BCUT2D eigenvalue weighted by molar-refractivity contribution is 9.10. The van der Waals surface area contributed by atoms with Crippen molar-refractivity contribution < 1.29 is 19.1 Å². The number of hydrogen-bond donors (Lipinski definition) is 0. The van der Waals surface area contributed by atoms with Crippen LogP contribution >= 0.6 is 15.9 Å². The van der Waals surface area contributed by atoms with Crippen LogP contribution in [0, 0.1) is 0 Å². The number of likely N-dealkylation sites (N-methyl/N-ethyl adjacent to an activating group) is 1. The highest BCUT2D eigenvalue weighted by atomic mass is 79.9. The van der Waals surface area contributed by atoms with Crippen LogP contribution in [0.3, 0.4) is 0 Å². The van der Waals surface area contributed by atoms with Crippen molar-refractivity contribution in [1.82, 2.24) is 4.90 Å². The van der Waals surface area contributed by atoms with Gasteiger partial charge in [0.25, 0.3) is 5.91 Å². The number of aldehydes is 1. The molecule has 2 aromatic rings. The van der Waals surface area contributed by atoms with Gasteiger partial charge in [0.15, 0.2) is 12.9 Å². The zero-order valence-corrected chi connectivity index (χ0v) is 15.1. The third-order valence-corrected chi connectivity index (χ3v) is 4.26. The molecule has 0 fully saturated rings. The maximum absolute atomic E-state index is 12.2. The quantitative estimate of drug-likeness (QED) is 0.679. The van der Waals surface area contributed by atoms with Crippen LogP contribution < -0.4 is 9.47 Å². The molecule has 0 heterocycles. The van der Waals surface area contributed by atoms with Crippen molar-refractivity contribution in [1.29, 1.82) is 0 Å². The summed E-state index contributed by atoms with van der Waals surface area (Å²) in [5, 5.41) is 0. The minimum atomic E-state index is -0.182. The van der Waals surface area contributed by atoms with E-state index < -0.39 is 0 Å². The van der Waals surface area contributed by atoms with Crippen LogP contribution in [0.5, 0.6) is 11.5 Å². The topological polar surface area (TPSA) is 55.8 Å². The first-order valence-electron chi connectivity index (χ1n) is 7.28. The first-order valence-corrected chi connectivity index (χ1v) is 8.08. The first kappa shape index (κ1) is 18.0. The molecular weight excluding hydrogens is 374 g/mol. The molecule has 0 atom stereocenters. The van der Waals surface area contributed by atoms with Crippen LogP contribution in [0.25, 0.3) is 0 Å². The van der Waals surface area contributed by atoms with Gasteiger partial charge >= 0.3 is 0 Å². The Morgan fingerprint density at radius 1 is 1.25 bits per heavy atom. The highest BCUT2D eigenvalue weighted by Gasteiger charge is 2.13. The largest absolute Gasteiger partial charge is 0.497 e. The Kier molecular flexibility index (Phi) is 6.37. The molecule has 0 saturated heterocycles. The summed E-state index contributed by atoms with van der Waals surface area (Å²) in [6, 6.07) is 12.6. The number of methoxy groups -OCH3 is 1. The van der Waals surface area contributed by atoms with Crippen LogP contribution in [-0.2, 0) is 11.3 Å². The number of nitrogens with zero attached hydrogens (tertiary/aromatic N) is 1. The smallest absolute Gasteiger partial charge is 0.260 e. The van der Waals surface area contributed by atoms with Crippen molar-refractivity contribution in [2.75, 3.05) is 20.8 Å². The van der Waals surface area contributed by atoms with E-state index in [1.807, 2.05) is 24.3 Å². The van der Waals surface area contributed by atoms with Crippen LogP contribution in [0.1, 0.15) is 15.9 Å². The second-order valence-electron chi connectivity index (χ2n) is 5.15. The molecule has 126 valence electrons. The number of halogens is 1. The average molecular weight is 392 g/mol. The molecule has 0 aromatic heterocycles. The molecule has 0 N–H and O–H groups in total. The minimum Gasteiger partial charge on any atom is -0.497 e. The molecule has 0 aliphatic heterocycles. The Morgan fingerprint density at radius 2 is 2.00 bits per heavy atom. The van der Waals surface area contributed by atoms with Gasteiger partial charge in [0.05, 0.1) is 12.7 Å². The Labute approximate surface area is 149 Å². The van der Waals surface area contributed by atoms with Crippen molar-refractivity contribution >= 4 is 28.1 Å². The summed E-state index contributed by atoms with van der Waals surface area (Å²) in [5.41, 5.74) is 1.35. The number of rotatable bonds is 7. The van der Waals surface area contributed by atoms with E-state index in [4.69, 9.17) is 9.47 Å². The molecule has 2 rings (SSSR count). The van der Waals surface area contributed by atoms with E-state index in [0.29, 0.717) is 29.9 Å². The minimum absolute atomic E-state index is 0.145. The summed E-state index contributed by atoms with van der Waals surface area (Å²) in [6.07, 6.45) is 0.674. The van der Waals surface area contributed by atoms with E-state index in [-0.39, 0.29) is 12.5 Å². The molecule has 5 nitrogen and oxygen atoms in total. The second-order valence-corrected chi connectivity index (χ2v) is 6.01. The Bertz CT molecular complexity index is 733. The number of carbonyl (C=O) groups is 2. The Balaban J connectivity index is 1.97. The van der Waals surface area contributed by atoms with Gasteiger partial charge in [0.2, 0.25) is 0 Å². The molecule has 6 heteroatoms. The number of amides is 1. The van der Waals surface area contributed by atoms with Gasteiger partial charge in [0, 0.05) is 18.1 Å². The zero-order chi connectivity index (χ0) is 17.5. The summed E-state index contributed by atoms with van der Waals surface area (Å²) in [4.78, 5) is 24.9. The monoisotopic (exact) mass is 391 g/mol.